The highest BCUT2D eigenvalue weighted by Gasteiger charge is 2.18. The molecule has 1 unspecified atom stereocenters. The Hall–Kier alpha value is -2.01. The Balaban J connectivity index is 1.79. The average Bonchev–Trinajstić information content (AvgIpc) is 2.48. The Morgan fingerprint density at radius 1 is 1.11 bits per heavy atom. The van der Waals surface area contributed by atoms with E-state index in [1.54, 1.807) is 12.4 Å². The zero-order chi connectivity index (χ0) is 13.1. The summed E-state index contributed by atoms with van der Waals surface area (Å²) in [4.78, 5) is 15.1. The third-order valence-corrected chi connectivity index (χ3v) is 3.39. The molecule has 2 aromatic rings. The highest BCUT2D eigenvalue weighted by Crippen LogP contribution is 2.19. The molecular weight excluding hydrogens is 238 g/mol. The van der Waals surface area contributed by atoms with E-state index < -0.39 is 0 Å². The molecule has 98 valence electrons. The Morgan fingerprint density at radius 3 is 2.53 bits per heavy atom. The summed E-state index contributed by atoms with van der Waals surface area (Å²) < 4.78 is 0. The van der Waals surface area contributed by atoms with Crippen molar-refractivity contribution in [2.45, 2.75) is 18.9 Å². The number of hydrogen-bond donors (Lipinski definition) is 1. The molecule has 5 nitrogen and oxygen atoms in total. The van der Waals surface area contributed by atoms with Gasteiger partial charge in [0.2, 0.25) is 5.95 Å². The van der Waals surface area contributed by atoms with Crippen molar-refractivity contribution in [2.75, 3.05) is 18.0 Å². The molecule has 5 heteroatoms. The van der Waals surface area contributed by atoms with Crippen LogP contribution in [0, 0.1) is 0 Å². The molecule has 0 spiro atoms. The fourth-order valence-electron chi connectivity index (χ4n) is 2.37. The van der Waals surface area contributed by atoms with Gasteiger partial charge in [-0.2, -0.15) is 0 Å². The lowest BCUT2D eigenvalue weighted by molar-refractivity contribution is 0.500. The summed E-state index contributed by atoms with van der Waals surface area (Å²) in [7, 11) is 0. The van der Waals surface area contributed by atoms with Crippen LogP contribution in [-0.4, -0.2) is 34.1 Å². The number of aromatic nitrogens is 3. The van der Waals surface area contributed by atoms with Gasteiger partial charge >= 0.3 is 0 Å². The maximum absolute atomic E-state index is 5.98. The van der Waals surface area contributed by atoms with E-state index in [0.29, 0.717) is 0 Å². The first kappa shape index (κ1) is 12.0. The maximum atomic E-state index is 5.98. The number of nitrogens with two attached hydrogens (primary N) is 1. The van der Waals surface area contributed by atoms with Crippen molar-refractivity contribution in [3.8, 4) is 11.1 Å². The number of rotatable bonds is 2. The quantitative estimate of drug-likeness (QED) is 0.880. The van der Waals surface area contributed by atoms with E-state index in [1.807, 2.05) is 24.5 Å². The van der Waals surface area contributed by atoms with E-state index in [9.17, 15) is 0 Å². The molecule has 1 aliphatic rings. The topological polar surface area (TPSA) is 67.9 Å². The van der Waals surface area contributed by atoms with Crippen molar-refractivity contribution < 1.29 is 0 Å². The van der Waals surface area contributed by atoms with Crippen LogP contribution in [0.15, 0.2) is 36.9 Å². The molecule has 0 saturated carbocycles. The molecule has 0 radical (unpaired) electrons. The van der Waals surface area contributed by atoms with Gasteiger partial charge in [0.25, 0.3) is 0 Å². The number of nitrogens with zero attached hydrogens (tertiary/aromatic N) is 4. The molecule has 1 fully saturated rings. The van der Waals surface area contributed by atoms with Crippen molar-refractivity contribution in [1.82, 2.24) is 15.0 Å². The minimum atomic E-state index is 0.234. The van der Waals surface area contributed by atoms with Gasteiger partial charge in [-0.15, -0.1) is 0 Å². The Labute approximate surface area is 112 Å². The predicted molar refractivity (Wildman–Crippen MR) is 74.7 cm³/mol. The van der Waals surface area contributed by atoms with Gasteiger partial charge in [0.15, 0.2) is 0 Å². The largest absolute Gasteiger partial charge is 0.339 e. The first-order valence-corrected chi connectivity index (χ1v) is 6.56. The Bertz CT molecular complexity index is 525. The van der Waals surface area contributed by atoms with Crippen LogP contribution in [0.3, 0.4) is 0 Å². The van der Waals surface area contributed by atoms with Crippen molar-refractivity contribution in [3.63, 3.8) is 0 Å². The number of anilines is 1. The molecule has 1 saturated heterocycles. The fraction of sp³-hybridized carbons (Fsp3) is 0.357. The molecule has 0 aromatic carbocycles. The normalized spacial score (nSPS) is 19.4. The minimum Gasteiger partial charge on any atom is -0.339 e. The van der Waals surface area contributed by atoms with Crippen LogP contribution in [0.1, 0.15) is 12.8 Å². The van der Waals surface area contributed by atoms with Crippen LogP contribution >= 0.6 is 0 Å². The minimum absolute atomic E-state index is 0.234. The van der Waals surface area contributed by atoms with Crippen molar-refractivity contribution in [1.29, 1.82) is 0 Å². The lowest BCUT2D eigenvalue weighted by Gasteiger charge is -2.30. The second kappa shape index (κ2) is 5.32. The molecule has 19 heavy (non-hydrogen) atoms. The summed E-state index contributed by atoms with van der Waals surface area (Å²) >= 11 is 0. The van der Waals surface area contributed by atoms with Gasteiger partial charge in [-0.05, 0) is 30.5 Å². The highest BCUT2D eigenvalue weighted by molar-refractivity contribution is 5.61. The SMILES string of the molecule is NC1CCCN(c2ncc(-c3ccncc3)cn2)C1. The van der Waals surface area contributed by atoms with Crippen LogP contribution < -0.4 is 10.6 Å². The van der Waals surface area contributed by atoms with Gasteiger partial charge in [0, 0.05) is 49.5 Å². The van der Waals surface area contributed by atoms with E-state index in [-0.39, 0.29) is 6.04 Å². The highest BCUT2D eigenvalue weighted by atomic mass is 15.3. The van der Waals surface area contributed by atoms with Gasteiger partial charge in [-0.25, -0.2) is 9.97 Å². The first-order valence-electron chi connectivity index (χ1n) is 6.56. The van der Waals surface area contributed by atoms with Crippen LogP contribution in [0.4, 0.5) is 5.95 Å². The lowest BCUT2D eigenvalue weighted by Crippen LogP contribution is -2.43. The Morgan fingerprint density at radius 2 is 1.84 bits per heavy atom. The third kappa shape index (κ3) is 2.71. The second-order valence-electron chi connectivity index (χ2n) is 4.86. The summed E-state index contributed by atoms with van der Waals surface area (Å²) in [6, 6.07) is 4.14. The second-order valence-corrected chi connectivity index (χ2v) is 4.86. The predicted octanol–water partition coefficient (Wildman–Crippen LogP) is 1.47. The molecule has 2 aromatic heterocycles. The zero-order valence-corrected chi connectivity index (χ0v) is 10.7. The molecule has 0 amide bonds. The van der Waals surface area contributed by atoms with Crippen molar-refractivity contribution in [2.24, 2.45) is 5.73 Å². The zero-order valence-electron chi connectivity index (χ0n) is 10.7. The monoisotopic (exact) mass is 255 g/mol. The van der Waals surface area contributed by atoms with Crippen molar-refractivity contribution in [3.05, 3.63) is 36.9 Å². The molecule has 3 rings (SSSR count). The molecule has 1 aliphatic heterocycles. The molecule has 0 bridgehead atoms. The van der Waals surface area contributed by atoms with E-state index in [4.69, 9.17) is 5.73 Å². The molecule has 3 heterocycles. The van der Waals surface area contributed by atoms with E-state index in [1.165, 1.54) is 0 Å². The average molecular weight is 255 g/mol. The van der Waals surface area contributed by atoms with Crippen LogP contribution in [0.25, 0.3) is 11.1 Å². The molecule has 1 atom stereocenters. The lowest BCUT2D eigenvalue weighted by atomic mass is 10.1. The summed E-state index contributed by atoms with van der Waals surface area (Å²) in [5.74, 6) is 0.771. The fourth-order valence-corrected chi connectivity index (χ4v) is 2.37. The maximum Gasteiger partial charge on any atom is 0.225 e. The number of piperidine rings is 1. The van der Waals surface area contributed by atoms with Gasteiger partial charge < -0.3 is 10.6 Å². The summed E-state index contributed by atoms with van der Waals surface area (Å²) in [6.45, 7) is 1.83. The summed E-state index contributed by atoms with van der Waals surface area (Å²) in [5, 5.41) is 0. The van der Waals surface area contributed by atoms with Crippen LogP contribution in [-0.2, 0) is 0 Å². The van der Waals surface area contributed by atoms with Gasteiger partial charge in [0.1, 0.15) is 0 Å². The standard InChI is InChI=1S/C14H17N5/c15-13-2-1-7-19(10-13)14-17-8-12(9-18-14)11-3-5-16-6-4-11/h3-6,8-9,13H,1-2,7,10,15H2. The van der Waals surface area contributed by atoms with Crippen molar-refractivity contribution >= 4 is 5.95 Å². The van der Waals surface area contributed by atoms with Gasteiger partial charge in [0.05, 0.1) is 0 Å². The van der Waals surface area contributed by atoms with E-state index in [0.717, 1.165) is 43.0 Å². The molecule has 2 N–H and O–H groups in total. The third-order valence-electron chi connectivity index (χ3n) is 3.39. The Kier molecular flexibility index (Phi) is 3.37. The van der Waals surface area contributed by atoms with E-state index >= 15 is 0 Å². The number of pyridine rings is 1. The summed E-state index contributed by atoms with van der Waals surface area (Å²) in [6.07, 6.45) is 9.46. The molecule has 0 aliphatic carbocycles. The first-order chi connectivity index (χ1) is 9.33. The molecular formula is C14H17N5. The van der Waals surface area contributed by atoms with Gasteiger partial charge in [-0.1, -0.05) is 0 Å². The van der Waals surface area contributed by atoms with Crippen LogP contribution in [0.5, 0.6) is 0 Å². The summed E-state index contributed by atoms with van der Waals surface area (Å²) in [5.41, 5.74) is 8.07. The van der Waals surface area contributed by atoms with Gasteiger partial charge in [-0.3, -0.25) is 4.98 Å². The van der Waals surface area contributed by atoms with Crippen LogP contribution in [0.2, 0.25) is 0 Å². The number of hydrogen-bond acceptors (Lipinski definition) is 5. The van der Waals surface area contributed by atoms with E-state index in [2.05, 4.69) is 19.9 Å². The smallest absolute Gasteiger partial charge is 0.225 e.